The molecule has 27 heavy (non-hydrogen) atoms. The Morgan fingerprint density at radius 2 is 1.67 bits per heavy atom. The lowest BCUT2D eigenvalue weighted by molar-refractivity contribution is -0.141. The van der Waals surface area contributed by atoms with Crippen molar-refractivity contribution >= 4 is 17.7 Å². The first-order chi connectivity index (χ1) is 13.1. The molecule has 1 amide bonds. The van der Waals surface area contributed by atoms with Crippen molar-refractivity contribution in [3.8, 4) is 5.75 Å². The van der Waals surface area contributed by atoms with Crippen molar-refractivity contribution in [3.05, 3.63) is 64.7 Å². The summed E-state index contributed by atoms with van der Waals surface area (Å²) in [6, 6.07) is 12.1. The van der Waals surface area contributed by atoms with Crippen LogP contribution >= 0.6 is 0 Å². The zero-order chi connectivity index (χ0) is 19.2. The van der Waals surface area contributed by atoms with Gasteiger partial charge in [0.05, 0.1) is 7.11 Å². The molecule has 0 saturated carbocycles. The molecule has 0 saturated heterocycles. The maximum atomic E-state index is 12.2. The second kappa shape index (κ2) is 8.49. The summed E-state index contributed by atoms with van der Waals surface area (Å²) in [5.74, 6) is -0.679. The average molecular weight is 367 g/mol. The Hall–Kier alpha value is -3.15. The first-order valence-electron chi connectivity index (χ1n) is 8.79. The van der Waals surface area contributed by atoms with Gasteiger partial charge < -0.3 is 14.8 Å². The van der Waals surface area contributed by atoms with E-state index in [9.17, 15) is 14.4 Å². The first kappa shape index (κ1) is 18.6. The van der Waals surface area contributed by atoms with E-state index in [0.717, 1.165) is 19.3 Å². The monoisotopic (exact) mass is 367 g/mol. The summed E-state index contributed by atoms with van der Waals surface area (Å²) in [6.07, 6.45) is 3.14. The standard InChI is InChI=1S/C21H21NO5/c1-26-18-9-7-15(8-10-18)21(25)22-12-20(24)27-13-19(23)17-6-5-14-3-2-4-16(14)11-17/h5-11H,2-4,12-13H2,1H3,(H,22,25). The van der Waals surface area contributed by atoms with E-state index < -0.39 is 11.9 Å². The van der Waals surface area contributed by atoms with Crippen LogP contribution in [0.5, 0.6) is 5.75 Å². The first-order valence-corrected chi connectivity index (χ1v) is 8.79. The largest absolute Gasteiger partial charge is 0.497 e. The Labute approximate surface area is 157 Å². The van der Waals surface area contributed by atoms with Gasteiger partial charge >= 0.3 is 5.97 Å². The molecule has 0 heterocycles. The fourth-order valence-corrected chi connectivity index (χ4v) is 3.02. The van der Waals surface area contributed by atoms with E-state index >= 15 is 0 Å². The molecule has 0 aliphatic heterocycles. The van der Waals surface area contributed by atoms with Crippen molar-refractivity contribution in [1.29, 1.82) is 0 Å². The van der Waals surface area contributed by atoms with Crippen LogP contribution in [0.4, 0.5) is 0 Å². The Balaban J connectivity index is 1.45. The molecule has 6 nitrogen and oxygen atoms in total. The number of Topliss-reactive ketones (excluding diaryl/α,β-unsaturated/α-hetero) is 1. The van der Waals surface area contributed by atoms with E-state index in [-0.39, 0.29) is 18.9 Å². The highest BCUT2D eigenvalue weighted by Gasteiger charge is 2.16. The average Bonchev–Trinajstić information content (AvgIpc) is 3.18. The molecule has 0 bridgehead atoms. The Kier molecular flexibility index (Phi) is 5.86. The lowest BCUT2D eigenvalue weighted by atomic mass is 10.0. The van der Waals surface area contributed by atoms with Gasteiger partial charge in [-0.15, -0.1) is 0 Å². The summed E-state index contributed by atoms with van der Waals surface area (Å²) in [6.45, 7) is -0.641. The zero-order valence-corrected chi connectivity index (χ0v) is 15.1. The second-order valence-electron chi connectivity index (χ2n) is 6.33. The van der Waals surface area contributed by atoms with Gasteiger partial charge in [0.1, 0.15) is 12.3 Å². The van der Waals surface area contributed by atoms with Gasteiger partial charge in [-0.3, -0.25) is 14.4 Å². The van der Waals surface area contributed by atoms with E-state index in [1.807, 2.05) is 12.1 Å². The van der Waals surface area contributed by atoms with E-state index in [1.54, 1.807) is 30.3 Å². The molecule has 6 heteroatoms. The van der Waals surface area contributed by atoms with Gasteiger partial charge in [-0.05, 0) is 60.7 Å². The van der Waals surface area contributed by atoms with Crippen LogP contribution in [-0.2, 0) is 22.4 Å². The van der Waals surface area contributed by atoms with Crippen LogP contribution in [0.2, 0.25) is 0 Å². The van der Waals surface area contributed by atoms with Crippen LogP contribution in [0.3, 0.4) is 0 Å². The quantitative estimate of drug-likeness (QED) is 0.600. The lowest BCUT2D eigenvalue weighted by Gasteiger charge is -2.08. The molecule has 1 N–H and O–H groups in total. The van der Waals surface area contributed by atoms with Gasteiger partial charge in [0.2, 0.25) is 0 Å². The fourth-order valence-electron chi connectivity index (χ4n) is 3.02. The van der Waals surface area contributed by atoms with Crippen molar-refractivity contribution in [3.63, 3.8) is 0 Å². The molecule has 1 aliphatic rings. The maximum Gasteiger partial charge on any atom is 0.325 e. The number of aryl methyl sites for hydroxylation is 2. The number of hydrogen-bond acceptors (Lipinski definition) is 5. The summed E-state index contributed by atoms with van der Waals surface area (Å²) >= 11 is 0. The minimum absolute atomic E-state index is 0.250. The van der Waals surface area contributed by atoms with E-state index in [2.05, 4.69) is 5.32 Å². The van der Waals surface area contributed by atoms with Crippen LogP contribution < -0.4 is 10.1 Å². The number of ketones is 1. The molecule has 0 unspecified atom stereocenters. The third-order valence-corrected chi connectivity index (χ3v) is 4.53. The Bertz CT molecular complexity index is 857. The van der Waals surface area contributed by atoms with Crippen molar-refractivity contribution < 1.29 is 23.9 Å². The van der Waals surface area contributed by atoms with E-state index in [0.29, 0.717) is 16.9 Å². The minimum atomic E-state index is -0.661. The Morgan fingerprint density at radius 3 is 2.41 bits per heavy atom. The SMILES string of the molecule is COc1ccc(C(=O)NCC(=O)OCC(=O)c2ccc3c(c2)CCC3)cc1. The maximum absolute atomic E-state index is 12.2. The number of hydrogen-bond donors (Lipinski definition) is 1. The van der Waals surface area contributed by atoms with Crippen LogP contribution in [0.15, 0.2) is 42.5 Å². The predicted molar refractivity (Wildman–Crippen MR) is 99.1 cm³/mol. The highest BCUT2D eigenvalue weighted by atomic mass is 16.5. The summed E-state index contributed by atoms with van der Waals surface area (Å²) in [5, 5.41) is 2.47. The summed E-state index contributed by atoms with van der Waals surface area (Å²) in [5.41, 5.74) is 3.42. The van der Waals surface area contributed by atoms with Crippen LogP contribution in [0, 0.1) is 0 Å². The number of esters is 1. The van der Waals surface area contributed by atoms with Crippen molar-refractivity contribution in [2.75, 3.05) is 20.3 Å². The number of rotatable bonds is 7. The number of benzene rings is 2. The highest BCUT2D eigenvalue weighted by molar-refractivity contribution is 5.99. The number of amides is 1. The molecular formula is C21H21NO5. The minimum Gasteiger partial charge on any atom is -0.497 e. The highest BCUT2D eigenvalue weighted by Crippen LogP contribution is 2.23. The van der Waals surface area contributed by atoms with Gasteiger partial charge in [-0.2, -0.15) is 0 Å². The third-order valence-electron chi connectivity index (χ3n) is 4.53. The smallest absolute Gasteiger partial charge is 0.325 e. The second-order valence-corrected chi connectivity index (χ2v) is 6.33. The van der Waals surface area contributed by atoms with Crippen molar-refractivity contribution in [2.24, 2.45) is 0 Å². The molecule has 0 aromatic heterocycles. The van der Waals surface area contributed by atoms with Gasteiger partial charge in [-0.1, -0.05) is 12.1 Å². The molecule has 3 rings (SSSR count). The van der Waals surface area contributed by atoms with Crippen molar-refractivity contribution in [1.82, 2.24) is 5.32 Å². The molecule has 1 aliphatic carbocycles. The molecular weight excluding hydrogens is 346 g/mol. The van der Waals surface area contributed by atoms with Crippen LogP contribution in [0.1, 0.15) is 38.3 Å². The van der Waals surface area contributed by atoms with E-state index in [1.165, 1.54) is 18.2 Å². The Morgan fingerprint density at radius 1 is 0.963 bits per heavy atom. The zero-order valence-electron chi connectivity index (χ0n) is 15.1. The number of nitrogens with one attached hydrogen (secondary N) is 1. The molecule has 2 aromatic carbocycles. The third kappa shape index (κ3) is 4.73. The number of ether oxygens (including phenoxy) is 2. The van der Waals surface area contributed by atoms with Crippen LogP contribution in [-0.4, -0.2) is 37.9 Å². The number of carbonyl (C=O) groups excluding carboxylic acids is 3. The molecule has 140 valence electrons. The van der Waals surface area contributed by atoms with Crippen molar-refractivity contribution in [2.45, 2.75) is 19.3 Å². The summed E-state index contributed by atoms with van der Waals surface area (Å²) in [7, 11) is 1.54. The molecule has 0 radical (unpaired) electrons. The summed E-state index contributed by atoms with van der Waals surface area (Å²) < 4.78 is 10.0. The topological polar surface area (TPSA) is 81.7 Å². The van der Waals surface area contributed by atoms with E-state index in [4.69, 9.17) is 9.47 Å². The number of fused-ring (bicyclic) bond motifs is 1. The molecule has 0 fully saturated rings. The molecule has 0 spiro atoms. The van der Waals surface area contributed by atoms with Gasteiger partial charge in [-0.25, -0.2) is 0 Å². The van der Waals surface area contributed by atoms with Crippen LogP contribution in [0.25, 0.3) is 0 Å². The number of methoxy groups -OCH3 is 1. The molecule has 0 atom stereocenters. The number of carbonyl (C=O) groups is 3. The summed E-state index contributed by atoms with van der Waals surface area (Å²) in [4.78, 5) is 36.0. The lowest BCUT2D eigenvalue weighted by Crippen LogP contribution is -2.31. The normalized spacial score (nSPS) is 12.2. The van der Waals surface area contributed by atoms with Gasteiger partial charge in [0.15, 0.2) is 12.4 Å². The fraction of sp³-hybridized carbons (Fsp3) is 0.286. The van der Waals surface area contributed by atoms with Gasteiger partial charge in [0, 0.05) is 11.1 Å². The molecule has 2 aromatic rings. The predicted octanol–water partition coefficient (Wildman–Crippen LogP) is 2.34. The van der Waals surface area contributed by atoms with Gasteiger partial charge in [0.25, 0.3) is 5.91 Å².